The second-order valence-corrected chi connectivity index (χ2v) is 8.80. The van der Waals surface area contributed by atoms with Crippen LogP contribution in [0.3, 0.4) is 0 Å². The highest BCUT2D eigenvalue weighted by atomic mass is 32.2. The highest BCUT2D eigenvalue weighted by Gasteiger charge is 2.17. The van der Waals surface area contributed by atoms with Gasteiger partial charge >= 0.3 is 0 Å². The molecule has 1 fully saturated rings. The van der Waals surface area contributed by atoms with Crippen molar-refractivity contribution < 1.29 is 17.7 Å². The Kier molecular flexibility index (Phi) is 6.11. The Labute approximate surface area is 174 Å². The number of para-hydroxylation sites is 1. The molecule has 10 nitrogen and oxygen atoms in total. The molecule has 0 atom stereocenters. The Balaban J connectivity index is 1.31. The Morgan fingerprint density at radius 2 is 1.93 bits per heavy atom. The molecule has 2 N–H and O–H groups in total. The molecule has 3 heterocycles. The maximum Gasteiger partial charge on any atom is 0.224 e. The van der Waals surface area contributed by atoms with Crippen molar-refractivity contribution in [3.63, 3.8) is 0 Å². The molecule has 30 heavy (non-hydrogen) atoms. The Hall–Kier alpha value is -2.76. The average molecular weight is 433 g/mol. The predicted molar refractivity (Wildman–Crippen MR) is 113 cm³/mol. The van der Waals surface area contributed by atoms with Gasteiger partial charge in [-0.05, 0) is 19.1 Å². The molecule has 1 aliphatic rings. The van der Waals surface area contributed by atoms with Gasteiger partial charge in [0, 0.05) is 43.3 Å². The van der Waals surface area contributed by atoms with E-state index in [-0.39, 0.29) is 12.3 Å². The van der Waals surface area contributed by atoms with Gasteiger partial charge in [0.25, 0.3) is 0 Å². The van der Waals surface area contributed by atoms with Crippen LogP contribution in [0.5, 0.6) is 0 Å². The van der Waals surface area contributed by atoms with E-state index < -0.39 is 10.0 Å². The number of anilines is 2. The molecule has 1 aliphatic heterocycles. The van der Waals surface area contributed by atoms with Gasteiger partial charge in [0.1, 0.15) is 17.3 Å². The summed E-state index contributed by atoms with van der Waals surface area (Å²) in [6.45, 7) is 5.37. The molecule has 3 aromatic rings. The van der Waals surface area contributed by atoms with Crippen LogP contribution in [0.1, 0.15) is 11.4 Å². The van der Waals surface area contributed by atoms with Crippen LogP contribution in [0.4, 0.5) is 11.8 Å². The summed E-state index contributed by atoms with van der Waals surface area (Å²) in [6.07, 6.45) is 0. The van der Waals surface area contributed by atoms with Crippen LogP contribution in [0, 0.1) is 6.92 Å². The lowest BCUT2D eigenvalue weighted by molar-refractivity contribution is 0.122. The summed E-state index contributed by atoms with van der Waals surface area (Å²) >= 11 is 0. The molecule has 0 spiro atoms. The molecule has 0 radical (unpaired) electrons. The third-order valence-electron chi connectivity index (χ3n) is 4.68. The summed E-state index contributed by atoms with van der Waals surface area (Å²) in [5, 5.41) is 7.66. The van der Waals surface area contributed by atoms with Crippen LogP contribution >= 0.6 is 0 Å². The van der Waals surface area contributed by atoms with E-state index >= 15 is 0 Å². The first-order valence-corrected chi connectivity index (χ1v) is 11.4. The van der Waals surface area contributed by atoms with E-state index in [1.54, 1.807) is 12.1 Å². The molecule has 1 aromatic carbocycles. The van der Waals surface area contributed by atoms with Gasteiger partial charge < -0.3 is 19.5 Å². The largest absolute Gasteiger partial charge is 0.378 e. The molecule has 11 heteroatoms. The Bertz CT molecular complexity index is 1110. The van der Waals surface area contributed by atoms with Crippen molar-refractivity contribution >= 4 is 32.8 Å². The molecule has 2 aromatic heterocycles. The average Bonchev–Trinajstić information content (AvgIpc) is 3.14. The van der Waals surface area contributed by atoms with E-state index in [1.165, 1.54) is 0 Å². The van der Waals surface area contributed by atoms with Gasteiger partial charge in [0.05, 0.1) is 13.2 Å². The van der Waals surface area contributed by atoms with Gasteiger partial charge in [0.2, 0.25) is 16.0 Å². The van der Waals surface area contributed by atoms with Crippen molar-refractivity contribution in [1.29, 1.82) is 0 Å². The minimum absolute atomic E-state index is 0.197. The fourth-order valence-electron chi connectivity index (χ4n) is 3.24. The number of rotatable bonds is 8. The number of hydrogen-bond donors (Lipinski definition) is 2. The number of hydrogen-bond acceptors (Lipinski definition) is 9. The van der Waals surface area contributed by atoms with E-state index in [4.69, 9.17) is 9.26 Å². The number of fused-ring (bicyclic) bond motifs is 1. The van der Waals surface area contributed by atoms with E-state index in [2.05, 4.69) is 30.1 Å². The second-order valence-electron chi connectivity index (χ2n) is 7.00. The number of morpholine rings is 1. The van der Waals surface area contributed by atoms with Crippen LogP contribution in [-0.2, 0) is 20.5 Å². The van der Waals surface area contributed by atoms with Crippen molar-refractivity contribution in [3.8, 4) is 0 Å². The minimum atomic E-state index is -3.56. The summed E-state index contributed by atoms with van der Waals surface area (Å²) in [6, 6.07) is 9.11. The standard InChI is InChI=1S/C19H24N6O4S/c1-14-12-18(25-8-10-28-11-9-25)23-19(22-14)20-6-7-21-30(26,27)13-16-15-4-2-3-5-17(15)29-24-16/h2-5,12,21H,6-11,13H2,1H3,(H,20,22,23). The van der Waals surface area contributed by atoms with Crippen LogP contribution in [0.25, 0.3) is 11.0 Å². The number of nitrogens with zero attached hydrogens (tertiary/aromatic N) is 4. The molecule has 1 saturated heterocycles. The number of sulfonamides is 1. The van der Waals surface area contributed by atoms with Crippen molar-refractivity contribution in [2.24, 2.45) is 0 Å². The van der Waals surface area contributed by atoms with E-state index in [0.29, 0.717) is 42.4 Å². The maximum absolute atomic E-state index is 12.4. The lowest BCUT2D eigenvalue weighted by atomic mass is 10.2. The Morgan fingerprint density at radius 3 is 2.77 bits per heavy atom. The molecule has 0 amide bonds. The number of benzene rings is 1. The first kappa shape index (κ1) is 20.5. The van der Waals surface area contributed by atoms with E-state index in [0.717, 1.165) is 24.6 Å². The zero-order chi connectivity index (χ0) is 21.0. The molecule has 160 valence electrons. The van der Waals surface area contributed by atoms with Crippen molar-refractivity contribution in [1.82, 2.24) is 19.8 Å². The summed E-state index contributed by atoms with van der Waals surface area (Å²) in [7, 11) is -3.56. The number of ether oxygens (including phenoxy) is 1. The van der Waals surface area contributed by atoms with Gasteiger partial charge in [-0.15, -0.1) is 0 Å². The maximum atomic E-state index is 12.4. The predicted octanol–water partition coefficient (Wildman–Crippen LogP) is 1.29. The highest BCUT2D eigenvalue weighted by molar-refractivity contribution is 7.88. The monoisotopic (exact) mass is 432 g/mol. The summed E-state index contributed by atoms with van der Waals surface area (Å²) < 4.78 is 37.9. The smallest absolute Gasteiger partial charge is 0.224 e. The quantitative estimate of drug-likeness (QED) is 0.507. The number of aromatic nitrogens is 3. The molecule has 0 aliphatic carbocycles. The fraction of sp³-hybridized carbons (Fsp3) is 0.421. The van der Waals surface area contributed by atoms with Crippen molar-refractivity contribution in [3.05, 3.63) is 41.7 Å². The van der Waals surface area contributed by atoms with Crippen LogP contribution < -0.4 is 14.9 Å². The number of nitrogens with one attached hydrogen (secondary N) is 2. The third-order valence-corrected chi connectivity index (χ3v) is 5.98. The minimum Gasteiger partial charge on any atom is -0.378 e. The van der Waals surface area contributed by atoms with Crippen molar-refractivity contribution in [2.45, 2.75) is 12.7 Å². The highest BCUT2D eigenvalue weighted by Crippen LogP contribution is 2.19. The molecular weight excluding hydrogens is 408 g/mol. The Morgan fingerprint density at radius 1 is 1.13 bits per heavy atom. The van der Waals surface area contributed by atoms with Gasteiger partial charge in [0.15, 0.2) is 5.58 Å². The molecule has 0 bridgehead atoms. The number of aryl methyl sites for hydroxylation is 1. The van der Waals surface area contributed by atoms with Gasteiger partial charge in [-0.1, -0.05) is 17.3 Å². The summed E-state index contributed by atoms with van der Waals surface area (Å²) in [5.74, 6) is 1.07. The third kappa shape index (κ3) is 5.04. The molecule has 4 rings (SSSR count). The van der Waals surface area contributed by atoms with E-state index in [9.17, 15) is 8.42 Å². The van der Waals surface area contributed by atoms with Crippen molar-refractivity contribution in [2.75, 3.05) is 49.6 Å². The topological polar surface area (TPSA) is 122 Å². The van der Waals surface area contributed by atoms with E-state index in [1.807, 2.05) is 25.1 Å². The van der Waals surface area contributed by atoms with Crippen LogP contribution in [0.2, 0.25) is 0 Å². The lowest BCUT2D eigenvalue weighted by Gasteiger charge is -2.28. The molecule has 0 unspecified atom stereocenters. The molecular formula is C19H24N6O4S. The van der Waals surface area contributed by atoms with Gasteiger partial charge in [-0.3, -0.25) is 0 Å². The normalized spacial score (nSPS) is 14.9. The summed E-state index contributed by atoms with van der Waals surface area (Å²) in [4.78, 5) is 11.1. The zero-order valence-electron chi connectivity index (χ0n) is 16.7. The molecule has 0 saturated carbocycles. The lowest BCUT2D eigenvalue weighted by Crippen LogP contribution is -2.37. The zero-order valence-corrected chi connectivity index (χ0v) is 17.5. The van der Waals surface area contributed by atoms with Gasteiger partial charge in [-0.25, -0.2) is 18.1 Å². The SMILES string of the molecule is Cc1cc(N2CCOCC2)nc(NCCNS(=O)(=O)Cc2noc3ccccc23)n1. The van der Waals surface area contributed by atoms with Crippen LogP contribution in [-0.4, -0.2) is 62.9 Å². The second kappa shape index (κ2) is 8.94. The first-order chi connectivity index (χ1) is 14.5. The fourth-order valence-corrected chi connectivity index (χ4v) is 4.32. The van der Waals surface area contributed by atoms with Crippen LogP contribution in [0.15, 0.2) is 34.9 Å². The first-order valence-electron chi connectivity index (χ1n) is 9.73. The summed E-state index contributed by atoms with van der Waals surface area (Å²) in [5.41, 5.74) is 1.80. The van der Waals surface area contributed by atoms with Gasteiger partial charge in [-0.2, -0.15) is 4.98 Å².